The van der Waals surface area contributed by atoms with Gasteiger partial charge in [0.2, 0.25) is 12.1 Å². The van der Waals surface area contributed by atoms with Crippen molar-refractivity contribution in [3.8, 4) is 0 Å². The summed E-state index contributed by atoms with van der Waals surface area (Å²) >= 11 is 0. The predicted octanol–water partition coefficient (Wildman–Crippen LogP) is -0.715. The van der Waals surface area contributed by atoms with Crippen LogP contribution in [-0.2, 0) is 26.3 Å². The first-order chi connectivity index (χ1) is 12.9. The highest BCUT2D eigenvalue weighted by Crippen LogP contribution is 2.48. The number of rotatable bonds is 1. The molecule has 154 valence electrons. The van der Waals surface area contributed by atoms with E-state index in [-0.39, 0.29) is 18.2 Å². The number of nitrogens with zero attached hydrogens (tertiary/aromatic N) is 5. The monoisotopic (exact) mass is 412 g/mol. The highest BCUT2D eigenvalue weighted by molar-refractivity contribution is 7.83. The summed E-state index contributed by atoms with van der Waals surface area (Å²) in [6.45, 7) is 4.92. The van der Waals surface area contributed by atoms with E-state index in [4.69, 9.17) is 22.4 Å². The zero-order valence-electron chi connectivity index (χ0n) is 16.1. The smallest absolute Gasteiger partial charge is 0.261 e. The van der Waals surface area contributed by atoms with E-state index in [2.05, 4.69) is 24.2 Å². The van der Waals surface area contributed by atoms with E-state index < -0.39 is 16.1 Å². The van der Waals surface area contributed by atoms with Crippen LogP contribution in [0.3, 0.4) is 0 Å². The molecular formula is C16H24N6O5S. The quantitative estimate of drug-likeness (QED) is 0.478. The Morgan fingerprint density at radius 2 is 1.96 bits per heavy atom. The first kappa shape index (κ1) is 19.5. The summed E-state index contributed by atoms with van der Waals surface area (Å²) in [5.74, 6) is 0.861. The second kappa shape index (κ2) is 6.32. The molecule has 5 rings (SSSR count). The van der Waals surface area contributed by atoms with Gasteiger partial charge in [0.1, 0.15) is 12.1 Å². The van der Waals surface area contributed by atoms with Crippen LogP contribution in [0.25, 0.3) is 11.2 Å². The third kappa shape index (κ3) is 3.35. The maximum absolute atomic E-state index is 8.85. The van der Waals surface area contributed by atoms with Crippen LogP contribution in [0.5, 0.6) is 0 Å². The summed E-state index contributed by atoms with van der Waals surface area (Å²) in [6, 6.07) is 0.280. The van der Waals surface area contributed by atoms with Crippen LogP contribution < -0.4 is 14.6 Å². The van der Waals surface area contributed by atoms with Gasteiger partial charge < -0.3 is 18.9 Å². The lowest BCUT2D eigenvalue weighted by Crippen LogP contribution is -2.44. The number of hydrogen-bond acceptors (Lipinski definition) is 8. The summed E-state index contributed by atoms with van der Waals surface area (Å²) in [7, 11) is -0.410. The Hall–Kier alpha value is -1.86. The Balaban J connectivity index is 0.000000346. The van der Waals surface area contributed by atoms with Crippen LogP contribution in [0.15, 0.2) is 12.7 Å². The second-order valence-electron chi connectivity index (χ2n) is 8.06. The van der Waals surface area contributed by atoms with Gasteiger partial charge in [-0.05, 0) is 20.3 Å². The number of anilines is 1. The first-order valence-electron chi connectivity index (χ1n) is 8.96. The maximum atomic E-state index is 8.85. The fraction of sp³-hybridized carbons (Fsp3) is 0.688. The summed E-state index contributed by atoms with van der Waals surface area (Å²) in [5, 5.41) is 3.77. The molecule has 4 atom stereocenters. The van der Waals surface area contributed by atoms with Crippen LogP contribution in [0.4, 0.5) is 5.82 Å². The van der Waals surface area contributed by atoms with Gasteiger partial charge in [-0.3, -0.25) is 0 Å². The van der Waals surface area contributed by atoms with Crippen molar-refractivity contribution in [2.24, 2.45) is 11.1 Å². The van der Waals surface area contributed by atoms with Crippen molar-refractivity contribution in [2.45, 2.75) is 50.8 Å². The molecule has 2 N–H and O–H groups in total. The molecule has 0 radical (unpaired) electrons. The fourth-order valence-corrected chi connectivity index (χ4v) is 4.50. The molecule has 0 unspecified atom stereocenters. The predicted molar refractivity (Wildman–Crippen MR) is 96.9 cm³/mol. The average molecular weight is 412 g/mol. The molecule has 28 heavy (non-hydrogen) atoms. The molecule has 2 aliphatic heterocycles. The van der Waals surface area contributed by atoms with Gasteiger partial charge in [0.15, 0.2) is 27.9 Å². The van der Waals surface area contributed by atoms with Gasteiger partial charge >= 0.3 is 0 Å². The molecule has 2 aromatic heterocycles. The molecule has 2 bridgehead atoms. The Morgan fingerprint density at radius 3 is 2.61 bits per heavy atom. The second-order valence-corrected chi connectivity index (χ2v) is 9.05. The van der Waals surface area contributed by atoms with Crippen molar-refractivity contribution in [2.75, 3.05) is 19.0 Å². The molecule has 1 saturated heterocycles. The standard InChI is InChI=1S/C16H22N5O2.H3NO3S/c1-16(2)22-12-9-5-10(13(12)23-16)21-8-17-11-14(19(3)4)18-7-20(6-9)15(11)21;1-5(2,3)4/h7-10,12-13H,5-6H2,1-4H3;(H3,1,2,3,4)/q+1;/p-1/t9-,10-,12-,13+;/m1./s1. The van der Waals surface area contributed by atoms with E-state index in [1.165, 1.54) is 0 Å². The van der Waals surface area contributed by atoms with Crippen LogP contribution >= 0.6 is 0 Å². The number of aromatic nitrogens is 4. The zero-order chi connectivity index (χ0) is 20.4. The van der Waals surface area contributed by atoms with Crippen LogP contribution in [-0.4, -0.2) is 59.6 Å². The minimum absolute atomic E-state index is 0.108. The summed E-state index contributed by atoms with van der Waals surface area (Å²) in [4.78, 5) is 11.3. The number of imidazole rings is 1. The molecule has 2 fully saturated rings. The van der Waals surface area contributed by atoms with Gasteiger partial charge in [-0.2, -0.15) is 0 Å². The highest BCUT2D eigenvalue weighted by atomic mass is 32.2. The van der Waals surface area contributed by atoms with E-state index in [1.807, 2.05) is 45.5 Å². The largest absolute Gasteiger partial charge is 0.736 e. The van der Waals surface area contributed by atoms with Gasteiger partial charge in [0, 0.05) is 20.0 Å². The van der Waals surface area contributed by atoms with E-state index in [0.29, 0.717) is 5.92 Å². The lowest BCUT2D eigenvalue weighted by molar-refractivity contribution is -0.683. The number of hydrogen-bond donors (Lipinski definition) is 1. The molecule has 0 amide bonds. The highest BCUT2D eigenvalue weighted by Gasteiger charge is 2.57. The van der Waals surface area contributed by atoms with Crippen molar-refractivity contribution in [3.63, 3.8) is 0 Å². The molecule has 0 aromatic carbocycles. The van der Waals surface area contributed by atoms with E-state index in [9.17, 15) is 0 Å². The Kier molecular flexibility index (Phi) is 4.39. The van der Waals surface area contributed by atoms with E-state index >= 15 is 0 Å². The lowest BCUT2D eigenvalue weighted by Gasteiger charge is -2.21. The fourth-order valence-electron chi connectivity index (χ4n) is 4.50. The van der Waals surface area contributed by atoms with Crippen LogP contribution in [0.2, 0.25) is 0 Å². The third-order valence-corrected chi connectivity index (χ3v) is 5.33. The summed E-state index contributed by atoms with van der Waals surface area (Å²) in [6.07, 6.45) is 5.21. The zero-order valence-corrected chi connectivity index (χ0v) is 17.0. The molecule has 3 aliphatic rings. The van der Waals surface area contributed by atoms with Gasteiger partial charge in [0.05, 0.1) is 12.6 Å². The summed E-state index contributed by atoms with van der Waals surface area (Å²) < 4.78 is 43.5. The lowest BCUT2D eigenvalue weighted by atomic mass is 10.1. The minimum atomic E-state index is -4.42. The van der Waals surface area contributed by atoms with E-state index in [1.54, 1.807) is 0 Å². The Morgan fingerprint density at radius 1 is 1.32 bits per heavy atom. The van der Waals surface area contributed by atoms with Gasteiger partial charge in [-0.1, -0.05) is 4.98 Å². The topological polar surface area (TPSA) is 140 Å². The average Bonchev–Trinajstić information content (AvgIpc) is 3.14. The van der Waals surface area contributed by atoms with Gasteiger partial charge in [0.25, 0.3) is 5.65 Å². The molecule has 12 heteroatoms. The van der Waals surface area contributed by atoms with Crippen molar-refractivity contribution >= 4 is 27.3 Å². The SMILES string of the molecule is CN(C)c1nc[n+]2c3c1ncn3[C@@H]1C[C@H](C2)[C@H]2OC(C)(C)O[C@H]21.NS(=O)(=O)[O-]. The molecule has 1 saturated carbocycles. The molecule has 1 aliphatic carbocycles. The van der Waals surface area contributed by atoms with Crippen molar-refractivity contribution in [1.82, 2.24) is 14.5 Å². The molecule has 4 heterocycles. The van der Waals surface area contributed by atoms with Crippen LogP contribution in [0.1, 0.15) is 26.3 Å². The van der Waals surface area contributed by atoms with Crippen molar-refractivity contribution in [3.05, 3.63) is 12.7 Å². The molecule has 0 spiro atoms. The van der Waals surface area contributed by atoms with Crippen molar-refractivity contribution in [1.29, 1.82) is 0 Å². The number of nitrogens with two attached hydrogens (primary N) is 1. The van der Waals surface area contributed by atoms with Gasteiger partial charge in [-0.25, -0.2) is 27.7 Å². The van der Waals surface area contributed by atoms with Crippen molar-refractivity contribution < 1.29 is 27.0 Å². The Bertz CT molecular complexity index is 1010. The number of ether oxygens (including phenoxy) is 2. The number of fused-ring (bicyclic) bond motifs is 6. The minimum Gasteiger partial charge on any atom is -0.736 e. The van der Waals surface area contributed by atoms with Gasteiger partial charge in [-0.15, -0.1) is 0 Å². The normalized spacial score (nSPS) is 29.8. The Labute approximate surface area is 162 Å². The summed E-state index contributed by atoms with van der Waals surface area (Å²) in [5.41, 5.74) is 2.10. The van der Waals surface area contributed by atoms with E-state index in [0.717, 1.165) is 29.9 Å². The molecule has 2 aromatic rings. The van der Waals surface area contributed by atoms with Crippen LogP contribution in [0, 0.1) is 5.92 Å². The molecular weight excluding hydrogens is 388 g/mol. The molecule has 11 nitrogen and oxygen atoms in total. The first-order valence-corrected chi connectivity index (χ1v) is 10.4. The third-order valence-electron chi connectivity index (χ3n) is 5.33. The maximum Gasteiger partial charge on any atom is 0.261 e.